The molecule has 1 saturated heterocycles. The molecule has 30 heavy (non-hydrogen) atoms. The van der Waals surface area contributed by atoms with E-state index in [1.54, 1.807) is 57.7 Å². The Morgan fingerprint density at radius 3 is 2.50 bits per heavy atom. The van der Waals surface area contributed by atoms with Gasteiger partial charge in [-0.25, -0.2) is 12.9 Å². The second-order valence-corrected chi connectivity index (χ2v) is 8.70. The van der Waals surface area contributed by atoms with Crippen LogP contribution in [0.4, 0.5) is 0 Å². The molecule has 0 bridgehead atoms. The highest BCUT2D eigenvalue weighted by Gasteiger charge is 2.25. The molecular weight excluding hydrogens is 402 g/mol. The third kappa shape index (κ3) is 4.85. The molecule has 0 unspecified atom stereocenters. The van der Waals surface area contributed by atoms with Crippen LogP contribution in [0, 0.1) is 0 Å². The van der Waals surface area contributed by atoms with Crippen molar-refractivity contribution in [2.75, 3.05) is 13.1 Å². The Balaban J connectivity index is 0.00000111. The zero-order valence-corrected chi connectivity index (χ0v) is 18.1. The van der Waals surface area contributed by atoms with Crippen LogP contribution < -0.4 is 5.32 Å². The van der Waals surface area contributed by atoms with E-state index in [1.807, 2.05) is 13.8 Å². The van der Waals surface area contributed by atoms with Crippen LogP contribution in [0.15, 0.2) is 53.8 Å². The summed E-state index contributed by atoms with van der Waals surface area (Å²) in [6, 6.07) is 8.32. The van der Waals surface area contributed by atoms with Crippen molar-refractivity contribution in [3.8, 4) is 0 Å². The topological polar surface area (TPSA) is 96.7 Å². The maximum absolute atomic E-state index is 12.7. The number of benzene rings is 1. The third-order valence-corrected chi connectivity index (χ3v) is 6.74. The van der Waals surface area contributed by atoms with Crippen molar-refractivity contribution in [3.05, 3.63) is 60.2 Å². The summed E-state index contributed by atoms with van der Waals surface area (Å²) in [4.78, 5) is 16.6. The summed E-state index contributed by atoms with van der Waals surface area (Å²) in [7, 11) is -3.44. The van der Waals surface area contributed by atoms with Crippen LogP contribution in [-0.2, 0) is 16.6 Å². The SMILES string of the molecule is CC.O=C(NCc1ccc(S(=O)(=O)N2CCCCC2)cc1)c1cc2cnccn2n1.[HH]. The number of hydrogen-bond acceptors (Lipinski definition) is 5. The fourth-order valence-corrected chi connectivity index (χ4v) is 4.78. The second-order valence-electron chi connectivity index (χ2n) is 6.77. The number of carbonyl (C=O) groups is 1. The molecule has 0 atom stereocenters. The van der Waals surface area contributed by atoms with Crippen molar-refractivity contribution in [2.45, 2.75) is 44.6 Å². The van der Waals surface area contributed by atoms with Gasteiger partial charge in [0.1, 0.15) is 0 Å². The molecule has 0 radical (unpaired) electrons. The Labute approximate surface area is 178 Å². The minimum atomic E-state index is -3.44. The summed E-state index contributed by atoms with van der Waals surface area (Å²) in [5.74, 6) is -0.297. The number of nitrogens with one attached hydrogen (secondary N) is 1. The van der Waals surface area contributed by atoms with E-state index in [4.69, 9.17) is 0 Å². The first kappa shape index (κ1) is 21.9. The van der Waals surface area contributed by atoms with Gasteiger partial charge in [-0.2, -0.15) is 9.40 Å². The van der Waals surface area contributed by atoms with Crippen LogP contribution in [0.25, 0.3) is 5.52 Å². The van der Waals surface area contributed by atoms with Gasteiger partial charge < -0.3 is 5.32 Å². The molecule has 0 saturated carbocycles. The number of rotatable bonds is 5. The fraction of sp³-hybridized carbons (Fsp3) is 0.381. The summed E-state index contributed by atoms with van der Waals surface area (Å²) < 4.78 is 28.5. The first-order valence-corrected chi connectivity index (χ1v) is 11.6. The van der Waals surface area contributed by atoms with Crippen LogP contribution in [0.2, 0.25) is 0 Å². The molecule has 1 aliphatic rings. The van der Waals surface area contributed by atoms with E-state index in [9.17, 15) is 13.2 Å². The summed E-state index contributed by atoms with van der Waals surface area (Å²) in [6.45, 7) is 5.44. The Kier molecular flexibility index (Phi) is 7.17. The van der Waals surface area contributed by atoms with Gasteiger partial charge in [0.25, 0.3) is 5.91 Å². The molecule has 9 heteroatoms. The molecule has 8 nitrogen and oxygen atoms in total. The third-order valence-electron chi connectivity index (χ3n) is 4.83. The molecule has 1 N–H and O–H groups in total. The minimum absolute atomic E-state index is 0. The molecular formula is C21H29N5O3S. The van der Waals surface area contributed by atoms with Crippen molar-refractivity contribution in [1.29, 1.82) is 0 Å². The van der Waals surface area contributed by atoms with E-state index >= 15 is 0 Å². The van der Waals surface area contributed by atoms with Crippen LogP contribution in [0.1, 0.15) is 50.6 Å². The Morgan fingerprint density at radius 2 is 1.83 bits per heavy atom. The van der Waals surface area contributed by atoms with Crippen LogP contribution >= 0.6 is 0 Å². The molecule has 1 aliphatic heterocycles. The van der Waals surface area contributed by atoms with Gasteiger partial charge in [0, 0.05) is 33.5 Å². The number of piperidine rings is 1. The first-order chi connectivity index (χ1) is 14.5. The van der Waals surface area contributed by atoms with E-state index in [0.717, 1.165) is 30.3 Å². The predicted molar refractivity (Wildman–Crippen MR) is 117 cm³/mol. The molecule has 3 heterocycles. The van der Waals surface area contributed by atoms with Crippen LogP contribution in [-0.4, -0.2) is 46.3 Å². The quantitative estimate of drug-likeness (QED) is 0.670. The number of hydrogen-bond donors (Lipinski definition) is 1. The number of amides is 1. The number of sulfonamides is 1. The largest absolute Gasteiger partial charge is 0.347 e. The van der Waals surface area contributed by atoms with Gasteiger partial charge in [-0.3, -0.25) is 9.78 Å². The van der Waals surface area contributed by atoms with Crippen molar-refractivity contribution >= 4 is 21.4 Å². The minimum Gasteiger partial charge on any atom is -0.347 e. The number of fused-ring (bicyclic) bond motifs is 1. The van der Waals surface area contributed by atoms with Gasteiger partial charge in [0.05, 0.1) is 16.6 Å². The van der Waals surface area contributed by atoms with Crippen LogP contribution in [0.3, 0.4) is 0 Å². The van der Waals surface area contributed by atoms with Gasteiger partial charge in [-0.05, 0) is 36.6 Å². The van der Waals surface area contributed by atoms with Crippen molar-refractivity contribution in [1.82, 2.24) is 24.2 Å². The molecule has 0 spiro atoms. The monoisotopic (exact) mass is 431 g/mol. The van der Waals surface area contributed by atoms with Crippen molar-refractivity contribution < 1.29 is 14.6 Å². The second kappa shape index (κ2) is 9.82. The average molecular weight is 432 g/mol. The summed E-state index contributed by atoms with van der Waals surface area (Å²) in [5.41, 5.74) is 1.86. The number of aromatic nitrogens is 3. The maximum Gasteiger partial charge on any atom is 0.272 e. The molecule has 4 rings (SSSR count). The van der Waals surface area contributed by atoms with Crippen LogP contribution in [0.5, 0.6) is 0 Å². The smallest absolute Gasteiger partial charge is 0.272 e. The first-order valence-electron chi connectivity index (χ1n) is 10.2. The van der Waals surface area contributed by atoms with E-state index in [0.29, 0.717) is 18.8 Å². The lowest BCUT2D eigenvalue weighted by Gasteiger charge is -2.25. The number of carbonyl (C=O) groups excluding carboxylic acids is 1. The van der Waals surface area contributed by atoms with Gasteiger partial charge >= 0.3 is 0 Å². The zero-order chi connectivity index (χ0) is 21.6. The highest BCUT2D eigenvalue weighted by Crippen LogP contribution is 2.20. The van der Waals surface area contributed by atoms with E-state index in [1.165, 1.54) is 0 Å². The van der Waals surface area contributed by atoms with Crippen molar-refractivity contribution in [2.24, 2.45) is 0 Å². The summed E-state index contributed by atoms with van der Waals surface area (Å²) >= 11 is 0. The molecule has 162 valence electrons. The standard InChI is InChI=1S/C19H21N5O3S.C2H6.H2/c25-19(18-12-16-14-20-8-11-24(16)22-18)21-13-15-4-6-17(7-5-15)28(26,27)23-9-2-1-3-10-23;1-2;/h4-8,11-12,14H,1-3,9-10,13H2,(H,21,25);1-2H3;1H. The number of nitrogens with zero attached hydrogens (tertiary/aromatic N) is 4. The Hall–Kier alpha value is -2.78. The van der Waals surface area contributed by atoms with Crippen molar-refractivity contribution in [3.63, 3.8) is 0 Å². The lowest BCUT2D eigenvalue weighted by Crippen LogP contribution is -2.35. The van der Waals surface area contributed by atoms with Gasteiger partial charge in [0.15, 0.2) is 5.69 Å². The molecule has 1 fully saturated rings. The van der Waals surface area contributed by atoms with Gasteiger partial charge in [0.2, 0.25) is 10.0 Å². The average Bonchev–Trinajstić information content (AvgIpc) is 3.24. The van der Waals surface area contributed by atoms with E-state index in [-0.39, 0.29) is 18.8 Å². The Bertz CT molecular complexity index is 1060. The zero-order valence-electron chi connectivity index (χ0n) is 17.3. The van der Waals surface area contributed by atoms with E-state index < -0.39 is 10.0 Å². The molecule has 3 aromatic rings. The van der Waals surface area contributed by atoms with Gasteiger partial charge in [-0.1, -0.05) is 32.4 Å². The molecule has 2 aromatic heterocycles. The molecule has 1 aromatic carbocycles. The summed E-state index contributed by atoms with van der Waals surface area (Å²) in [5, 5.41) is 7.01. The summed E-state index contributed by atoms with van der Waals surface area (Å²) in [6.07, 6.45) is 7.79. The fourth-order valence-electron chi connectivity index (χ4n) is 3.26. The highest BCUT2D eigenvalue weighted by molar-refractivity contribution is 7.89. The molecule has 0 aliphatic carbocycles. The highest BCUT2D eigenvalue weighted by atomic mass is 32.2. The Morgan fingerprint density at radius 1 is 1.13 bits per heavy atom. The van der Waals surface area contributed by atoms with E-state index in [2.05, 4.69) is 15.4 Å². The lowest BCUT2D eigenvalue weighted by molar-refractivity contribution is 0.0945. The lowest BCUT2D eigenvalue weighted by atomic mass is 10.2. The normalized spacial score (nSPS) is 14.7. The van der Waals surface area contributed by atoms with Gasteiger partial charge in [-0.15, -0.1) is 0 Å². The molecule has 1 amide bonds. The maximum atomic E-state index is 12.7. The predicted octanol–water partition coefficient (Wildman–Crippen LogP) is 3.11.